The van der Waals surface area contributed by atoms with Gasteiger partial charge in [0.15, 0.2) is 11.5 Å². The zero-order valence-electron chi connectivity index (χ0n) is 25.1. The number of fused-ring (bicyclic) bond motifs is 1. The van der Waals surface area contributed by atoms with E-state index in [-0.39, 0.29) is 53.8 Å². The molecule has 2 atom stereocenters. The van der Waals surface area contributed by atoms with E-state index >= 15 is 0 Å². The van der Waals surface area contributed by atoms with Gasteiger partial charge in [0.05, 0.1) is 12.5 Å². The first-order valence-electron chi connectivity index (χ1n) is 15.7. The van der Waals surface area contributed by atoms with Crippen LogP contribution in [0.15, 0.2) is 54.7 Å². The third-order valence-electron chi connectivity index (χ3n) is 8.81. The first kappa shape index (κ1) is 30.6. The average molecular weight is 584 g/mol. The van der Waals surface area contributed by atoms with Gasteiger partial charge in [-0.05, 0) is 93.7 Å². The molecule has 1 saturated carbocycles. The van der Waals surface area contributed by atoms with Crippen molar-refractivity contribution in [2.75, 3.05) is 7.05 Å². The van der Waals surface area contributed by atoms with Crippen LogP contribution in [0.2, 0.25) is 0 Å². The summed E-state index contributed by atoms with van der Waals surface area (Å²) in [4.78, 5) is 31.0. The molecular weight excluding hydrogens is 540 g/mol. The Hall–Kier alpha value is -3.84. The molecule has 1 fully saturated rings. The van der Waals surface area contributed by atoms with Crippen molar-refractivity contribution in [2.24, 2.45) is 5.92 Å². The first-order chi connectivity index (χ1) is 20.9. The Balaban J connectivity index is 1.18. The number of Topliss-reactive ketones (excluding diaryl/α,β-unsaturated/α-hetero) is 2. The molecule has 1 heterocycles. The fraction of sp³-hybridized carbons (Fsp3) is 0.444. The van der Waals surface area contributed by atoms with Gasteiger partial charge in [-0.1, -0.05) is 48.4 Å². The fourth-order valence-electron chi connectivity index (χ4n) is 6.56. The molecule has 2 aliphatic carbocycles. The average Bonchev–Trinajstić information content (AvgIpc) is 3.69. The molecule has 0 amide bonds. The lowest BCUT2D eigenvalue weighted by Gasteiger charge is -2.30. The Morgan fingerprint density at radius 3 is 2.65 bits per heavy atom. The van der Waals surface area contributed by atoms with Crippen LogP contribution in [0, 0.1) is 5.92 Å². The number of hydrogen-bond donors (Lipinski definition) is 3. The van der Waals surface area contributed by atoms with E-state index in [4.69, 9.17) is 4.74 Å². The number of benzene rings is 2. The van der Waals surface area contributed by atoms with Crippen LogP contribution < -0.4 is 15.0 Å². The number of ketones is 2. The van der Waals surface area contributed by atoms with Crippen molar-refractivity contribution in [2.45, 2.75) is 89.2 Å². The maximum absolute atomic E-state index is 13.5. The Morgan fingerprint density at radius 2 is 1.86 bits per heavy atom. The second kappa shape index (κ2) is 14.6. The second-order valence-corrected chi connectivity index (χ2v) is 12.0. The van der Waals surface area contributed by atoms with Crippen LogP contribution in [-0.4, -0.2) is 34.9 Å². The van der Waals surface area contributed by atoms with Crippen molar-refractivity contribution < 1.29 is 24.5 Å². The van der Waals surface area contributed by atoms with Gasteiger partial charge in [-0.15, -0.1) is 5.69 Å². The van der Waals surface area contributed by atoms with Crippen LogP contribution in [0.25, 0.3) is 6.08 Å². The second-order valence-electron chi connectivity index (χ2n) is 12.0. The number of aryl methyl sites for hydroxylation is 2. The van der Waals surface area contributed by atoms with Gasteiger partial charge in [0, 0.05) is 24.4 Å². The summed E-state index contributed by atoms with van der Waals surface area (Å²) in [5.74, 6) is 0.458. The predicted molar refractivity (Wildman–Crippen MR) is 167 cm³/mol. The van der Waals surface area contributed by atoms with E-state index in [1.54, 1.807) is 18.3 Å². The molecule has 5 rings (SSSR count). The molecule has 7 nitrogen and oxygen atoms in total. The molecule has 2 unspecified atom stereocenters. The summed E-state index contributed by atoms with van der Waals surface area (Å²) in [6, 6.07) is 13.1. The minimum atomic E-state index is -0.344. The van der Waals surface area contributed by atoms with E-state index in [1.165, 1.54) is 0 Å². The maximum Gasteiger partial charge on any atom is 0.162 e. The van der Waals surface area contributed by atoms with Crippen LogP contribution in [0.1, 0.15) is 91.7 Å². The monoisotopic (exact) mass is 583 g/mol. The number of phenols is 2. The van der Waals surface area contributed by atoms with Gasteiger partial charge in [0.1, 0.15) is 17.3 Å². The van der Waals surface area contributed by atoms with Crippen molar-refractivity contribution in [1.29, 1.82) is 0 Å². The largest absolute Gasteiger partial charge is 0.664 e. The molecular formula is C36H43N2O5-. The Kier molecular flexibility index (Phi) is 10.4. The number of carbonyl (C=O) groups is 2. The van der Waals surface area contributed by atoms with Gasteiger partial charge in [-0.2, -0.15) is 6.20 Å². The molecule has 7 heteroatoms. The predicted octanol–water partition coefficient (Wildman–Crippen LogP) is 6.40. The molecule has 0 aliphatic heterocycles. The summed E-state index contributed by atoms with van der Waals surface area (Å²) in [7, 11) is 1.83. The van der Waals surface area contributed by atoms with E-state index in [0.29, 0.717) is 18.7 Å². The Labute approximate surface area is 254 Å². The number of ether oxygens (including phenoxy) is 1. The Bertz CT molecular complexity index is 1440. The van der Waals surface area contributed by atoms with Gasteiger partial charge >= 0.3 is 0 Å². The summed E-state index contributed by atoms with van der Waals surface area (Å²) < 4.78 is 6.15. The molecule has 3 N–H and O–H groups in total. The molecule has 0 spiro atoms. The maximum atomic E-state index is 13.5. The first-order valence-corrected chi connectivity index (χ1v) is 15.7. The van der Waals surface area contributed by atoms with Gasteiger partial charge in [0.25, 0.3) is 0 Å². The van der Waals surface area contributed by atoms with Crippen LogP contribution >= 0.6 is 0 Å². The van der Waals surface area contributed by atoms with E-state index in [1.807, 2.05) is 49.5 Å². The van der Waals surface area contributed by atoms with Gasteiger partial charge in [0.2, 0.25) is 0 Å². The highest BCUT2D eigenvalue weighted by Gasteiger charge is 2.30. The van der Waals surface area contributed by atoms with E-state index in [2.05, 4.69) is 10.3 Å². The number of carbonyl (C=O) groups excluding carboxylic acids is 2. The minimum Gasteiger partial charge on any atom is -0.664 e. The highest BCUT2D eigenvalue weighted by Crippen LogP contribution is 2.39. The third-order valence-corrected chi connectivity index (χ3v) is 8.81. The van der Waals surface area contributed by atoms with Crippen LogP contribution in [-0.2, 0) is 29.0 Å². The van der Waals surface area contributed by atoms with Crippen molar-refractivity contribution >= 4 is 17.6 Å². The summed E-state index contributed by atoms with van der Waals surface area (Å²) in [5.41, 5.74) is 4.76. The van der Waals surface area contributed by atoms with Crippen LogP contribution in [0.3, 0.4) is 0 Å². The number of rotatable bonds is 15. The smallest absolute Gasteiger partial charge is 0.162 e. The number of phenolic OH excluding ortho intramolecular Hbond substituents is 2. The normalized spacial score (nSPS) is 18.1. The highest BCUT2D eigenvalue weighted by atomic mass is 16.5. The quantitative estimate of drug-likeness (QED) is 0.140. The summed E-state index contributed by atoms with van der Waals surface area (Å²) in [6.45, 7) is 0.495. The summed E-state index contributed by atoms with van der Waals surface area (Å²) in [5, 5.41) is 23.6. The lowest BCUT2D eigenvalue weighted by Crippen LogP contribution is -2.25. The lowest BCUT2D eigenvalue weighted by atomic mass is 9.75. The number of nitrogens with one attached hydrogen (secondary N) is 1. The zero-order valence-corrected chi connectivity index (χ0v) is 25.1. The van der Waals surface area contributed by atoms with E-state index in [0.717, 1.165) is 79.3 Å². The van der Waals surface area contributed by atoms with Crippen LogP contribution in [0.4, 0.5) is 0 Å². The molecule has 2 aliphatic rings. The topological polar surface area (TPSA) is 110 Å². The SMILES string of the molecule is CNCc1cc(CCC(=O)CC(=O)C2C=Cc3[n-]ccc3C2CCCCc2cccc(O)c2)cc(OC2CCCC2)c1O. The van der Waals surface area contributed by atoms with Gasteiger partial charge < -0.3 is 25.3 Å². The van der Waals surface area contributed by atoms with E-state index < -0.39 is 0 Å². The lowest BCUT2D eigenvalue weighted by molar-refractivity contribution is -0.128. The molecule has 3 aromatic rings. The van der Waals surface area contributed by atoms with Crippen molar-refractivity contribution in [3.05, 3.63) is 82.7 Å². The molecule has 0 radical (unpaired) electrons. The van der Waals surface area contributed by atoms with Crippen molar-refractivity contribution in [3.63, 3.8) is 0 Å². The fourth-order valence-corrected chi connectivity index (χ4v) is 6.56. The zero-order chi connectivity index (χ0) is 30.2. The standard InChI is InChI=1S/C36H43N2O5/c1-37-23-26-19-25(21-35(36(26)42)43-29-10-3-4-11-29)13-14-28(40)22-34(41)32-15-16-33-31(17-18-38-33)30(32)12-5-2-7-24-8-6-9-27(39)20-24/h6,8-9,15-21,29-30,32,37,39,42H,2-5,7,10-14,22-23H2,1H3/q-1. The van der Waals surface area contributed by atoms with E-state index in [9.17, 15) is 19.8 Å². The number of nitrogens with zero attached hydrogens (tertiary/aromatic N) is 1. The number of aromatic nitrogens is 1. The third kappa shape index (κ3) is 7.96. The van der Waals surface area contributed by atoms with Crippen LogP contribution in [0.5, 0.6) is 17.2 Å². The summed E-state index contributed by atoms with van der Waals surface area (Å²) in [6.07, 6.45) is 14.2. The molecule has 0 saturated heterocycles. The Morgan fingerprint density at radius 1 is 1.02 bits per heavy atom. The van der Waals surface area contributed by atoms with Gasteiger partial charge in [-0.3, -0.25) is 9.59 Å². The van der Waals surface area contributed by atoms with Gasteiger partial charge in [-0.25, -0.2) is 0 Å². The molecule has 0 bridgehead atoms. The molecule has 228 valence electrons. The van der Waals surface area contributed by atoms with Crippen molar-refractivity contribution in [3.8, 4) is 17.2 Å². The number of aromatic hydroxyl groups is 2. The number of hydrogen-bond acceptors (Lipinski definition) is 6. The number of allylic oxidation sites excluding steroid dienone is 1. The summed E-state index contributed by atoms with van der Waals surface area (Å²) >= 11 is 0. The highest BCUT2D eigenvalue weighted by molar-refractivity contribution is 6.01. The minimum absolute atomic E-state index is 0.00321. The van der Waals surface area contributed by atoms with Crippen molar-refractivity contribution in [1.82, 2.24) is 10.3 Å². The molecule has 43 heavy (non-hydrogen) atoms. The number of unbranched alkanes of at least 4 members (excludes halogenated alkanes) is 1. The molecule has 2 aromatic carbocycles. The molecule has 1 aromatic heterocycles.